The van der Waals surface area contributed by atoms with Gasteiger partial charge in [0, 0.05) is 34.8 Å². The molecule has 4 aromatic rings. The highest BCUT2D eigenvalue weighted by Crippen LogP contribution is 2.32. The number of nitrogens with zero attached hydrogens (tertiary/aromatic N) is 2. The third kappa shape index (κ3) is 2.72. The van der Waals surface area contributed by atoms with Gasteiger partial charge in [0.25, 0.3) is 5.69 Å². The van der Waals surface area contributed by atoms with Crippen molar-refractivity contribution < 1.29 is 21.9 Å². The summed E-state index contributed by atoms with van der Waals surface area (Å²) in [6.07, 6.45) is 0. The lowest BCUT2D eigenvalue weighted by molar-refractivity contribution is -0.632. The highest BCUT2D eigenvalue weighted by atomic mass is 35.5. The van der Waals surface area contributed by atoms with Crippen LogP contribution in [-0.4, -0.2) is 4.92 Å². The average Bonchev–Trinajstić information content (AvgIpc) is 2.63. The second-order valence-corrected chi connectivity index (χ2v) is 6.03. The molecule has 26 heavy (non-hydrogen) atoms. The zero-order chi connectivity index (χ0) is 17.6. The summed E-state index contributed by atoms with van der Waals surface area (Å²) < 4.78 is 2.08. The first-order valence-electron chi connectivity index (χ1n) is 7.91. The summed E-state index contributed by atoms with van der Waals surface area (Å²) in [5.41, 5.74) is 9.67. The second-order valence-electron chi connectivity index (χ2n) is 6.03. The molecule has 0 aliphatic carbocycles. The molecule has 0 spiro atoms. The van der Waals surface area contributed by atoms with E-state index < -0.39 is 0 Å². The van der Waals surface area contributed by atoms with Crippen molar-refractivity contribution in [2.24, 2.45) is 7.05 Å². The van der Waals surface area contributed by atoms with Crippen molar-refractivity contribution in [3.63, 3.8) is 0 Å². The molecule has 1 heterocycles. The van der Waals surface area contributed by atoms with Crippen LogP contribution in [0.3, 0.4) is 0 Å². The van der Waals surface area contributed by atoms with Gasteiger partial charge in [-0.25, -0.2) is 0 Å². The number of halogens is 1. The maximum absolute atomic E-state index is 11.2. The van der Waals surface area contributed by atoms with E-state index in [1.54, 1.807) is 18.2 Å². The van der Waals surface area contributed by atoms with Gasteiger partial charge in [0.15, 0.2) is 0 Å². The predicted octanol–water partition coefficient (Wildman–Crippen LogP) is 0.979. The number of fused-ring (bicyclic) bond motifs is 3. The minimum atomic E-state index is -0.359. The third-order valence-corrected chi connectivity index (χ3v) is 4.54. The molecule has 0 aliphatic rings. The highest BCUT2D eigenvalue weighted by Gasteiger charge is 2.22. The van der Waals surface area contributed by atoms with Gasteiger partial charge in [0.05, 0.1) is 15.7 Å². The summed E-state index contributed by atoms with van der Waals surface area (Å²) in [4.78, 5) is 10.8. The van der Waals surface area contributed by atoms with E-state index in [9.17, 15) is 10.1 Å². The zero-order valence-electron chi connectivity index (χ0n) is 14.0. The van der Waals surface area contributed by atoms with Gasteiger partial charge in [-0.05, 0) is 30.3 Å². The van der Waals surface area contributed by atoms with E-state index in [1.165, 1.54) is 0 Å². The topological polar surface area (TPSA) is 73.0 Å². The van der Waals surface area contributed by atoms with Gasteiger partial charge in [-0.2, -0.15) is 4.57 Å². The quantitative estimate of drug-likeness (QED) is 0.189. The van der Waals surface area contributed by atoms with Crippen molar-refractivity contribution in [3.05, 3.63) is 76.8 Å². The van der Waals surface area contributed by atoms with E-state index >= 15 is 0 Å². The normalized spacial score (nSPS) is 10.7. The van der Waals surface area contributed by atoms with Crippen LogP contribution in [0.5, 0.6) is 0 Å². The summed E-state index contributed by atoms with van der Waals surface area (Å²) in [5, 5.41) is 14.1. The Labute approximate surface area is 156 Å². The summed E-state index contributed by atoms with van der Waals surface area (Å²) in [6.45, 7) is 0. The fourth-order valence-electron chi connectivity index (χ4n) is 3.36. The smallest absolute Gasteiger partial charge is 0.270 e. The van der Waals surface area contributed by atoms with Crippen LogP contribution in [-0.2, 0) is 7.05 Å². The van der Waals surface area contributed by atoms with Gasteiger partial charge in [-0.1, -0.05) is 18.2 Å². The van der Waals surface area contributed by atoms with Gasteiger partial charge in [-0.15, -0.1) is 0 Å². The Hall–Kier alpha value is -3.18. The molecule has 0 radical (unpaired) electrons. The number of non-ortho nitro benzene ring substituents is 1. The number of benzene rings is 3. The first-order chi connectivity index (χ1) is 12.1. The van der Waals surface area contributed by atoms with Crippen molar-refractivity contribution in [2.45, 2.75) is 0 Å². The molecule has 130 valence electrons. The number of pyridine rings is 1. The lowest BCUT2D eigenvalue weighted by Crippen LogP contribution is -3.00. The van der Waals surface area contributed by atoms with Crippen molar-refractivity contribution in [2.75, 3.05) is 5.73 Å². The minimum absolute atomic E-state index is 0. The molecule has 3 aromatic carbocycles. The van der Waals surface area contributed by atoms with Gasteiger partial charge < -0.3 is 18.1 Å². The first kappa shape index (κ1) is 17.6. The van der Waals surface area contributed by atoms with Crippen LogP contribution < -0.4 is 22.7 Å². The molecule has 0 bridgehead atoms. The molecule has 1 aromatic heterocycles. The van der Waals surface area contributed by atoms with Crippen molar-refractivity contribution in [1.82, 2.24) is 0 Å². The van der Waals surface area contributed by atoms with Crippen molar-refractivity contribution in [1.29, 1.82) is 0 Å². The van der Waals surface area contributed by atoms with Crippen molar-refractivity contribution in [3.8, 4) is 11.3 Å². The molecule has 0 unspecified atom stereocenters. The Bertz CT molecular complexity index is 1140. The average molecular weight is 366 g/mol. The number of nitro groups is 1. The summed E-state index contributed by atoms with van der Waals surface area (Å²) in [7, 11) is 1.98. The summed E-state index contributed by atoms with van der Waals surface area (Å²) >= 11 is 0. The molecular weight excluding hydrogens is 350 g/mol. The SMILES string of the molecule is C[n+]1c(-c2ccc(N)cc2)c2ccccc2c2cc([N+](=O)[O-])ccc21.[Cl-]. The summed E-state index contributed by atoms with van der Waals surface area (Å²) in [5.74, 6) is 0. The molecule has 0 atom stereocenters. The van der Waals surface area contributed by atoms with E-state index in [0.29, 0.717) is 5.69 Å². The molecule has 5 nitrogen and oxygen atoms in total. The molecular formula is C20H16ClN3O2. The van der Waals surface area contributed by atoms with Gasteiger partial charge in [0.2, 0.25) is 11.2 Å². The fraction of sp³-hybridized carbons (Fsp3) is 0.0500. The lowest BCUT2D eigenvalue weighted by atomic mass is 9.99. The first-order valence-corrected chi connectivity index (χ1v) is 7.91. The molecule has 0 amide bonds. The largest absolute Gasteiger partial charge is 1.00 e. The maximum Gasteiger partial charge on any atom is 0.270 e. The highest BCUT2D eigenvalue weighted by molar-refractivity contribution is 6.09. The third-order valence-electron chi connectivity index (χ3n) is 4.54. The summed E-state index contributed by atoms with van der Waals surface area (Å²) in [6, 6.07) is 20.7. The number of hydrogen-bond acceptors (Lipinski definition) is 3. The van der Waals surface area contributed by atoms with Crippen LogP contribution in [0.25, 0.3) is 32.9 Å². The monoisotopic (exact) mass is 365 g/mol. The standard InChI is InChI=1S/C20H15N3O2.ClH/c1-22-19-11-10-15(23(24)25)12-18(19)16-4-2-3-5-17(16)20(22)13-6-8-14(21)9-7-13;/h2-12,21H,1H3;1H. The number of aromatic nitrogens is 1. The van der Waals surface area contributed by atoms with E-state index in [2.05, 4.69) is 4.57 Å². The minimum Gasteiger partial charge on any atom is -1.00 e. The Balaban J connectivity index is 0.00000196. The van der Waals surface area contributed by atoms with Crippen LogP contribution in [0.15, 0.2) is 66.7 Å². The number of nitro benzene ring substituents is 1. The van der Waals surface area contributed by atoms with E-state index in [0.717, 1.165) is 32.9 Å². The Morgan fingerprint density at radius 2 is 1.58 bits per heavy atom. The number of aryl methyl sites for hydroxylation is 1. The molecule has 0 aliphatic heterocycles. The molecule has 6 heteroatoms. The molecule has 4 rings (SSSR count). The number of rotatable bonds is 2. The predicted molar refractivity (Wildman–Crippen MR) is 99.1 cm³/mol. The molecule has 0 fully saturated rings. The number of hydrogen-bond donors (Lipinski definition) is 1. The fourth-order valence-corrected chi connectivity index (χ4v) is 3.36. The number of anilines is 1. The zero-order valence-corrected chi connectivity index (χ0v) is 14.8. The van der Waals surface area contributed by atoms with Crippen LogP contribution in [0.1, 0.15) is 0 Å². The molecule has 0 saturated heterocycles. The molecule has 0 saturated carbocycles. The van der Waals surface area contributed by atoms with Crippen LogP contribution in [0.4, 0.5) is 11.4 Å². The van der Waals surface area contributed by atoms with Crippen LogP contribution in [0, 0.1) is 10.1 Å². The maximum atomic E-state index is 11.2. The van der Waals surface area contributed by atoms with Gasteiger partial charge in [-0.3, -0.25) is 10.1 Å². The second kappa shape index (κ2) is 6.61. The van der Waals surface area contributed by atoms with Gasteiger partial charge >= 0.3 is 0 Å². The van der Waals surface area contributed by atoms with E-state index in [1.807, 2.05) is 55.6 Å². The van der Waals surface area contributed by atoms with E-state index in [-0.39, 0.29) is 23.0 Å². The number of nitrogen functional groups attached to an aromatic ring is 1. The Kier molecular flexibility index (Phi) is 4.49. The lowest BCUT2D eigenvalue weighted by Gasteiger charge is -2.09. The van der Waals surface area contributed by atoms with E-state index in [4.69, 9.17) is 5.73 Å². The number of nitrogens with two attached hydrogens (primary N) is 1. The van der Waals surface area contributed by atoms with Crippen LogP contribution in [0.2, 0.25) is 0 Å². The Morgan fingerprint density at radius 3 is 2.23 bits per heavy atom. The Morgan fingerprint density at radius 1 is 0.923 bits per heavy atom. The van der Waals surface area contributed by atoms with Crippen LogP contribution >= 0.6 is 0 Å². The molecule has 2 N–H and O–H groups in total. The van der Waals surface area contributed by atoms with Crippen molar-refractivity contribution >= 4 is 33.1 Å². The van der Waals surface area contributed by atoms with Gasteiger partial charge in [0.1, 0.15) is 7.05 Å².